The van der Waals surface area contributed by atoms with E-state index < -0.39 is 60.7 Å². The van der Waals surface area contributed by atoms with Gasteiger partial charge in [-0.25, -0.2) is 41.4 Å². The molecule has 0 spiro atoms. The highest BCUT2D eigenvalue weighted by Crippen LogP contribution is 2.41. The van der Waals surface area contributed by atoms with Crippen LogP contribution in [0, 0.1) is 5.82 Å². The summed E-state index contributed by atoms with van der Waals surface area (Å²) >= 11 is 6.32. The molecular formula is C30H27ClF5N7O3. The molecule has 1 aliphatic carbocycles. The number of hydrogen-bond donors (Lipinski definition) is 2. The summed E-state index contributed by atoms with van der Waals surface area (Å²) in [5, 5.41) is 5.97. The molecule has 3 N–H and O–H groups in total. The summed E-state index contributed by atoms with van der Waals surface area (Å²) in [4.78, 5) is 35.2. The molecule has 16 heteroatoms. The third-order valence-electron chi connectivity index (χ3n) is 7.72. The van der Waals surface area contributed by atoms with Crippen LogP contribution in [0.2, 0.25) is 5.02 Å². The number of nitrogens with one attached hydrogen (secondary N) is 1. The van der Waals surface area contributed by atoms with Gasteiger partial charge >= 0.3 is 6.09 Å². The quantitative estimate of drug-likeness (QED) is 0.190. The molecule has 0 radical (unpaired) electrons. The van der Waals surface area contributed by atoms with Crippen LogP contribution < -0.4 is 11.1 Å². The van der Waals surface area contributed by atoms with Gasteiger partial charge in [0.15, 0.2) is 17.8 Å². The number of aliphatic imine (C=N–C) groups is 1. The molecule has 0 saturated heterocycles. The van der Waals surface area contributed by atoms with Gasteiger partial charge in [-0.05, 0) is 54.7 Å². The molecule has 10 nitrogen and oxygen atoms in total. The first-order valence-electron chi connectivity index (χ1n) is 13.9. The molecule has 1 saturated carbocycles. The lowest BCUT2D eigenvalue weighted by Gasteiger charge is -2.29. The molecule has 1 fully saturated rings. The fourth-order valence-corrected chi connectivity index (χ4v) is 5.27. The minimum Gasteiger partial charge on any atom is -0.447 e. The van der Waals surface area contributed by atoms with Gasteiger partial charge in [-0.15, -0.1) is 0 Å². The molecule has 2 amide bonds. The van der Waals surface area contributed by atoms with Crippen LogP contribution in [-0.2, 0) is 9.53 Å². The molecule has 1 aromatic heterocycles. The SMILES string of the molecule is C=C/C(=C\C)c1ccc(C2N=C(N)N(C(COC(=O)NC3(C(F)F)CC3)c3ccc(Cl)c(-n4ncnc4C(F)F)c3)C2=O)cc1F. The lowest BCUT2D eigenvalue weighted by atomic mass is 9.99. The second-order valence-electron chi connectivity index (χ2n) is 10.5. The summed E-state index contributed by atoms with van der Waals surface area (Å²) in [5.74, 6) is -2.41. The molecule has 0 bridgehead atoms. The predicted octanol–water partition coefficient (Wildman–Crippen LogP) is 6.05. The average molecular weight is 664 g/mol. The van der Waals surface area contributed by atoms with Crippen LogP contribution in [0.3, 0.4) is 0 Å². The van der Waals surface area contributed by atoms with Crippen molar-refractivity contribution in [3.63, 3.8) is 0 Å². The smallest absolute Gasteiger partial charge is 0.407 e. The Hall–Kier alpha value is -4.79. The van der Waals surface area contributed by atoms with Crippen molar-refractivity contribution in [3.8, 4) is 5.69 Å². The normalized spacial score (nSPS) is 18.2. The van der Waals surface area contributed by atoms with Crippen molar-refractivity contribution in [1.82, 2.24) is 25.0 Å². The predicted molar refractivity (Wildman–Crippen MR) is 158 cm³/mol. The number of carbonyl (C=O) groups excluding carboxylic acids is 2. The number of guanidine groups is 1. The van der Waals surface area contributed by atoms with Crippen LogP contribution in [0.1, 0.15) is 60.8 Å². The number of alkyl carbamates (subject to hydrolysis) is 1. The first kappa shape index (κ1) is 32.6. The van der Waals surface area contributed by atoms with Gasteiger partial charge in [-0.1, -0.05) is 48.5 Å². The molecule has 46 heavy (non-hydrogen) atoms. The van der Waals surface area contributed by atoms with E-state index in [1.165, 1.54) is 36.4 Å². The second-order valence-corrected chi connectivity index (χ2v) is 10.9. The zero-order chi connectivity index (χ0) is 33.3. The van der Waals surface area contributed by atoms with Crippen molar-refractivity contribution in [2.45, 2.75) is 50.2 Å². The van der Waals surface area contributed by atoms with E-state index in [1.807, 2.05) is 0 Å². The summed E-state index contributed by atoms with van der Waals surface area (Å²) in [7, 11) is 0. The fourth-order valence-electron chi connectivity index (χ4n) is 5.07. The molecule has 2 atom stereocenters. The highest BCUT2D eigenvalue weighted by Gasteiger charge is 2.53. The summed E-state index contributed by atoms with van der Waals surface area (Å²) in [6, 6.07) is 5.63. The molecule has 3 aromatic rings. The summed E-state index contributed by atoms with van der Waals surface area (Å²) < 4.78 is 75.3. The number of carbonyl (C=O) groups is 2. The maximum Gasteiger partial charge on any atom is 0.407 e. The number of aromatic nitrogens is 3. The van der Waals surface area contributed by atoms with Gasteiger partial charge in [-0.2, -0.15) is 5.10 Å². The Morgan fingerprint density at radius 1 is 1.24 bits per heavy atom. The Morgan fingerprint density at radius 2 is 1.98 bits per heavy atom. The Labute approximate surface area is 264 Å². The number of rotatable bonds is 11. The van der Waals surface area contributed by atoms with E-state index in [0.29, 0.717) is 5.57 Å². The summed E-state index contributed by atoms with van der Waals surface area (Å²) in [6.45, 7) is 4.75. The zero-order valence-corrected chi connectivity index (χ0v) is 24.9. The van der Waals surface area contributed by atoms with E-state index in [4.69, 9.17) is 22.1 Å². The standard InChI is InChI=1S/C30H27ClF5N7O3/c1-3-15(4-2)18-7-5-17(11-20(18)32)23-26(44)42(28(37)40-23)22(13-46-29(45)41-30(9-10-30)27(35)36)16-6-8-19(31)21(12-16)43-25(24(33)34)38-14-39-43/h3-8,11-12,14,22-24,27H,1,9-10,13H2,2H3,(H2,37,40)(H,41,45)/b15-4+. The Bertz CT molecular complexity index is 1740. The van der Waals surface area contributed by atoms with E-state index in [-0.39, 0.29) is 46.2 Å². The maximum absolute atomic E-state index is 15.1. The van der Waals surface area contributed by atoms with Crippen LogP contribution in [-0.4, -0.2) is 56.2 Å². The molecule has 2 unspecified atom stereocenters. The highest BCUT2D eigenvalue weighted by molar-refractivity contribution is 6.32. The number of amides is 2. The largest absolute Gasteiger partial charge is 0.447 e. The van der Waals surface area contributed by atoms with Crippen LogP contribution in [0.25, 0.3) is 11.3 Å². The molecule has 2 aliphatic rings. The fraction of sp³-hybridized carbons (Fsp3) is 0.300. The van der Waals surface area contributed by atoms with Crippen LogP contribution >= 0.6 is 11.6 Å². The maximum atomic E-state index is 15.1. The molecule has 1 aliphatic heterocycles. The molecule has 5 rings (SSSR count). The van der Waals surface area contributed by atoms with E-state index in [0.717, 1.165) is 22.0 Å². The van der Waals surface area contributed by atoms with Gasteiger partial charge in [0, 0.05) is 5.56 Å². The Kier molecular flexibility index (Phi) is 9.15. The number of alkyl halides is 4. The van der Waals surface area contributed by atoms with E-state index in [1.54, 1.807) is 13.0 Å². The highest BCUT2D eigenvalue weighted by atomic mass is 35.5. The van der Waals surface area contributed by atoms with Crippen LogP contribution in [0.5, 0.6) is 0 Å². The van der Waals surface area contributed by atoms with Crippen molar-refractivity contribution in [1.29, 1.82) is 0 Å². The molecule has 2 heterocycles. The molecular weight excluding hydrogens is 637 g/mol. The van der Waals surface area contributed by atoms with Gasteiger partial charge in [0.2, 0.25) is 0 Å². The first-order chi connectivity index (χ1) is 21.9. The van der Waals surface area contributed by atoms with Crippen molar-refractivity contribution in [3.05, 3.63) is 94.8 Å². The summed E-state index contributed by atoms with van der Waals surface area (Å²) in [5.41, 5.74) is 5.58. The Balaban J connectivity index is 1.50. The number of halogens is 6. The molecule has 2 aromatic carbocycles. The number of nitrogens with zero attached hydrogens (tertiary/aromatic N) is 5. The van der Waals surface area contributed by atoms with Crippen molar-refractivity contribution >= 4 is 35.1 Å². The van der Waals surface area contributed by atoms with Crippen molar-refractivity contribution in [2.24, 2.45) is 10.7 Å². The number of ether oxygens (including phenoxy) is 1. The van der Waals surface area contributed by atoms with Crippen LogP contribution in [0.4, 0.5) is 26.7 Å². The zero-order valence-electron chi connectivity index (χ0n) is 24.1. The van der Waals surface area contributed by atoms with E-state index in [9.17, 15) is 27.2 Å². The van der Waals surface area contributed by atoms with Gasteiger partial charge in [0.05, 0.1) is 16.8 Å². The lowest BCUT2D eigenvalue weighted by Crippen LogP contribution is -2.45. The third-order valence-corrected chi connectivity index (χ3v) is 8.04. The number of benzene rings is 2. The second kappa shape index (κ2) is 12.9. The summed E-state index contributed by atoms with van der Waals surface area (Å²) in [6.07, 6.45) is -2.85. The number of nitrogens with two attached hydrogens (primary N) is 1. The monoisotopic (exact) mass is 663 g/mol. The number of allylic oxidation sites excluding steroid dienone is 3. The van der Waals surface area contributed by atoms with Gasteiger partial charge in [-0.3, -0.25) is 9.69 Å². The average Bonchev–Trinajstić information content (AvgIpc) is 3.52. The lowest BCUT2D eigenvalue weighted by molar-refractivity contribution is -0.129. The van der Waals surface area contributed by atoms with E-state index in [2.05, 4.69) is 27.0 Å². The van der Waals surface area contributed by atoms with Gasteiger partial charge in [0.25, 0.3) is 18.8 Å². The first-order valence-corrected chi connectivity index (χ1v) is 14.2. The molecule has 242 valence electrons. The third kappa shape index (κ3) is 6.18. The van der Waals surface area contributed by atoms with Gasteiger partial charge in [0.1, 0.15) is 24.3 Å². The minimum atomic E-state index is -3.01. The van der Waals surface area contributed by atoms with Crippen molar-refractivity contribution in [2.75, 3.05) is 6.61 Å². The Morgan fingerprint density at radius 3 is 2.59 bits per heavy atom. The topological polar surface area (TPSA) is 128 Å². The van der Waals surface area contributed by atoms with Crippen molar-refractivity contribution < 1.29 is 36.3 Å². The minimum absolute atomic E-state index is 0.0102. The van der Waals surface area contributed by atoms with E-state index >= 15 is 4.39 Å². The van der Waals surface area contributed by atoms with Crippen LogP contribution in [0.15, 0.2) is 66.4 Å². The van der Waals surface area contributed by atoms with Gasteiger partial charge < -0.3 is 15.8 Å². The number of hydrogen-bond acceptors (Lipinski definition) is 7.